The molecule has 2 saturated carbocycles. The summed E-state index contributed by atoms with van der Waals surface area (Å²) < 4.78 is 21.0. The summed E-state index contributed by atoms with van der Waals surface area (Å²) in [6.45, 7) is 63.6. The highest BCUT2D eigenvalue weighted by atomic mass is 19.1. The van der Waals surface area contributed by atoms with Crippen LogP contribution in [0.25, 0.3) is 0 Å². The number of nitrogens with zero attached hydrogens (tertiary/aromatic N) is 1. The van der Waals surface area contributed by atoms with Crippen LogP contribution < -0.4 is 86.0 Å². The lowest BCUT2D eigenvalue weighted by molar-refractivity contribution is -0.0433. The first kappa shape index (κ1) is 110. The number of nitrogens with two attached hydrogens (primary N) is 15. The number of ether oxygens (including phenoxy) is 2. The molecule has 83 heavy (non-hydrogen) atoms. The smallest absolute Gasteiger partial charge is 0.107 e. The molecule has 3 rings (SSSR count). The van der Waals surface area contributed by atoms with Crippen LogP contribution in [-0.4, -0.2) is 130 Å². The summed E-state index contributed by atoms with van der Waals surface area (Å²) >= 11 is 0. The number of hydrogen-bond acceptors (Lipinski definition) is 19. The number of aliphatic hydroxyl groups is 1. The van der Waals surface area contributed by atoms with Crippen molar-refractivity contribution in [2.24, 2.45) is 86.0 Å². The summed E-state index contributed by atoms with van der Waals surface area (Å²) in [5.74, 6) is 0. The Morgan fingerprint density at radius 1 is 0.506 bits per heavy atom. The molecule has 1 saturated heterocycles. The Kier molecular flexibility index (Phi) is 73.9. The highest BCUT2D eigenvalue weighted by Crippen LogP contribution is 2.30. The second-order valence-electron chi connectivity index (χ2n) is 30.5. The number of nitriles is 1. The normalized spacial score (nSPS) is 14.8. The monoisotopic (exact) mass is 1210 g/mol. The predicted molar refractivity (Wildman–Crippen MR) is 371 cm³/mol. The highest BCUT2D eigenvalue weighted by molar-refractivity contribution is 5.15. The van der Waals surface area contributed by atoms with Crippen LogP contribution in [0.2, 0.25) is 0 Å². The third kappa shape index (κ3) is 262. The Balaban J connectivity index is -0.0000000653. The minimum atomic E-state index is -0.625. The minimum absolute atomic E-state index is 0. The molecule has 20 heteroatoms. The summed E-state index contributed by atoms with van der Waals surface area (Å²) in [5.41, 5.74) is 79.5. The molecule has 2 aliphatic carbocycles. The van der Waals surface area contributed by atoms with Crippen molar-refractivity contribution in [1.82, 2.24) is 0 Å². The maximum absolute atomic E-state index is 11.4. The van der Waals surface area contributed by atoms with Gasteiger partial charge in [-0.2, -0.15) is 5.26 Å². The lowest BCUT2D eigenvalue weighted by atomic mass is 10.0. The molecule has 0 aromatic carbocycles. The van der Waals surface area contributed by atoms with E-state index in [1.807, 2.05) is 158 Å². The van der Waals surface area contributed by atoms with Gasteiger partial charge in [0.25, 0.3) is 0 Å². The van der Waals surface area contributed by atoms with Gasteiger partial charge in [-0.25, -0.2) is 4.39 Å². The molecule has 0 aromatic rings. The molecule has 0 amide bonds. The molecule has 0 radical (unpaired) electrons. The maximum atomic E-state index is 11.4. The average molecular weight is 1210 g/mol. The Labute approximate surface area is 518 Å². The molecule has 0 unspecified atom stereocenters. The molecule has 518 valence electrons. The second-order valence-corrected chi connectivity index (χ2v) is 30.5. The summed E-state index contributed by atoms with van der Waals surface area (Å²) in [7, 11) is 1.65. The van der Waals surface area contributed by atoms with E-state index in [4.69, 9.17) is 106 Å². The lowest BCUT2D eigenvalue weighted by Crippen LogP contribution is -2.54. The van der Waals surface area contributed by atoms with Crippen molar-refractivity contribution in [3.63, 3.8) is 0 Å². The largest absolute Gasteiger partial charge is 0.396 e. The van der Waals surface area contributed by atoms with Gasteiger partial charge in [0, 0.05) is 69.1 Å². The van der Waals surface area contributed by atoms with Crippen molar-refractivity contribution >= 4 is 0 Å². The summed E-state index contributed by atoms with van der Waals surface area (Å²) in [6, 6.07) is 2.66. The van der Waals surface area contributed by atoms with Gasteiger partial charge in [0.1, 0.15) is 12.2 Å². The number of alkyl halides is 1. The third-order valence-corrected chi connectivity index (χ3v) is 8.16. The number of methoxy groups -OCH3 is 1. The first-order chi connectivity index (χ1) is 36.0. The van der Waals surface area contributed by atoms with Crippen LogP contribution in [-0.2, 0) is 9.47 Å². The zero-order chi connectivity index (χ0) is 70.6. The molecular weight excluding hydrogens is 1050 g/mol. The fourth-order valence-electron chi connectivity index (χ4n) is 2.17. The standard InChI is InChI=1S/C6H15N.2C5H13NO.3C5H13N.C4H10FN.C4H6N2.C4H9NO.C4H9N.2C4H11N.2C3H9N.C2H7N/c1-4-5-6(2,3)7;1-5(2,6)4-7-3;1-5(2,6)3-4-7;3*1-4-5(2,3)6;1-4(2,6)3-5;5-3-4(6)1-2-4;1-4(5)2-6-3-4;1-4(5)2-3-4;2*1-4(2,3)5;2*1-3(2)4;1-2-3/h4-5,7H2,1-3H3;4,6H2,1-3H3;7H,3-4,6H2,1-2H3;3*4,6H2,1-3H3;3,6H2,1-2H3;1-2,6H2;2-3,5H2,1H3;2-3,5H2,1H3;2*5H2,1-3H3;2*3H,4H2,1-2H3;2-3H2,1H3. The number of aliphatic hydroxyl groups excluding tert-OH is 1. The van der Waals surface area contributed by atoms with E-state index in [0.29, 0.717) is 25.1 Å². The molecule has 0 spiro atoms. The van der Waals surface area contributed by atoms with Crippen molar-refractivity contribution in [1.29, 1.82) is 5.26 Å². The van der Waals surface area contributed by atoms with Crippen molar-refractivity contribution < 1.29 is 19.0 Å². The van der Waals surface area contributed by atoms with E-state index >= 15 is 0 Å². The van der Waals surface area contributed by atoms with Crippen LogP contribution in [0.15, 0.2) is 0 Å². The maximum Gasteiger partial charge on any atom is 0.107 e. The van der Waals surface area contributed by atoms with Gasteiger partial charge >= 0.3 is 0 Å². The zero-order valence-corrected chi connectivity index (χ0v) is 61.7. The summed E-state index contributed by atoms with van der Waals surface area (Å²) in [6.07, 6.45) is 10.4. The molecule has 3 aliphatic rings. The SMILES string of the molecule is CC(C)(C)N.CC(C)(C)N.CC(C)(N)CCO.CC(C)(N)CF.CC(C)N.CC(C)N.CC1(N)CC1.CC1(N)COC1.CCC(C)(C)N.CCC(C)(C)N.CCC(C)(C)N.CCCC(C)(C)N.CCN.COCC(C)(C)N.N#CC1(N)CC1. The van der Waals surface area contributed by atoms with Gasteiger partial charge in [-0.3, -0.25) is 0 Å². The van der Waals surface area contributed by atoms with E-state index in [9.17, 15) is 4.39 Å². The predicted octanol–water partition coefficient (Wildman–Crippen LogP) is 8.49. The molecule has 3 fully saturated rings. The first-order valence-electron chi connectivity index (χ1n) is 30.3. The van der Waals surface area contributed by atoms with Crippen LogP contribution in [0.3, 0.4) is 0 Å². The van der Waals surface area contributed by atoms with Gasteiger partial charge < -0.3 is 101 Å². The van der Waals surface area contributed by atoms with Gasteiger partial charge in [0.15, 0.2) is 0 Å². The van der Waals surface area contributed by atoms with E-state index in [2.05, 4.69) is 48.5 Å². The number of halogens is 1. The van der Waals surface area contributed by atoms with Crippen molar-refractivity contribution in [3.05, 3.63) is 0 Å². The molecular formula is C63H161FN16O3. The van der Waals surface area contributed by atoms with Crippen molar-refractivity contribution in [2.75, 3.05) is 46.8 Å². The van der Waals surface area contributed by atoms with Gasteiger partial charge in [-0.05, 0) is 229 Å². The van der Waals surface area contributed by atoms with Crippen LogP contribution in [0, 0.1) is 11.3 Å². The van der Waals surface area contributed by atoms with Crippen LogP contribution in [0.4, 0.5) is 4.39 Å². The Hall–Kier alpha value is -1.30. The van der Waals surface area contributed by atoms with E-state index in [1.165, 1.54) is 19.3 Å². The topological polar surface area (TPSA) is 453 Å². The molecule has 1 aliphatic heterocycles. The quantitative estimate of drug-likeness (QED) is 0.0974. The number of hydrogen-bond donors (Lipinski definition) is 16. The van der Waals surface area contributed by atoms with E-state index < -0.39 is 17.8 Å². The minimum Gasteiger partial charge on any atom is -0.396 e. The van der Waals surface area contributed by atoms with Crippen molar-refractivity contribution in [3.8, 4) is 6.07 Å². The Morgan fingerprint density at radius 2 is 0.699 bits per heavy atom. The fraction of sp³-hybridized carbons (Fsp3) is 0.984. The van der Waals surface area contributed by atoms with Crippen LogP contribution in [0.5, 0.6) is 0 Å². The van der Waals surface area contributed by atoms with Crippen molar-refractivity contribution in [2.45, 2.75) is 357 Å². The average Bonchev–Trinajstić information content (AvgIpc) is 4.13. The lowest BCUT2D eigenvalue weighted by Gasteiger charge is -2.33. The third-order valence-electron chi connectivity index (χ3n) is 8.16. The van der Waals surface area contributed by atoms with Crippen LogP contribution >= 0.6 is 0 Å². The molecule has 0 atom stereocenters. The highest BCUT2D eigenvalue weighted by Gasteiger charge is 2.38. The fourth-order valence-corrected chi connectivity index (χ4v) is 2.17. The first-order valence-corrected chi connectivity index (χ1v) is 30.3. The van der Waals surface area contributed by atoms with E-state index in [0.717, 1.165) is 58.3 Å². The van der Waals surface area contributed by atoms with E-state index in [1.54, 1.807) is 21.0 Å². The molecule has 31 N–H and O–H groups in total. The number of rotatable bonds is 10. The van der Waals surface area contributed by atoms with Crippen LogP contribution in [0.1, 0.15) is 279 Å². The molecule has 0 aromatic heterocycles. The van der Waals surface area contributed by atoms with Gasteiger partial charge in [-0.1, -0.05) is 68.7 Å². The van der Waals surface area contributed by atoms with Gasteiger partial charge in [0.05, 0.1) is 31.4 Å². The summed E-state index contributed by atoms with van der Waals surface area (Å²) in [4.78, 5) is 0. The zero-order valence-electron chi connectivity index (χ0n) is 61.7. The van der Waals surface area contributed by atoms with Gasteiger partial charge in [0.2, 0.25) is 0 Å². The molecule has 19 nitrogen and oxygen atoms in total. The van der Waals surface area contributed by atoms with E-state index in [-0.39, 0.29) is 62.0 Å². The molecule has 1 heterocycles. The molecule has 0 bridgehead atoms. The summed E-state index contributed by atoms with van der Waals surface area (Å²) in [5, 5.41) is 16.4. The Bertz CT molecular complexity index is 1170. The second kappa shape index (κ2) is 56.0. The Morgan fingerprint density at radius 3 is 0.699 bits per heavy atom. The van der Waals surface area contributed by atoms with Gasteiger partial charge in [-0.15, -0.1) is 0 Å².